The summed E-state index contributed by atoms with van der Waals surface area (Å²) in [5.74, 6) is -0.378. The molecule has 0 bridgehead atoms. The summed E-state index contributed by atoms with van der Waals surface area (Å²) in [6.07, 6.45) is 6.94. The van der Waals surface area contributed by atoms with Crippen molar-refractivity contribution in [3.63, 3.8) is 0 Å². The summed E-state index contributed by atoms with van der Waals surface area (Å²) in [5, 5.41) is 21.2. The molecule has 1 amide bonds. The number of carbonyl (C=O) groups excluding carboxylic acids is 1. The van der Waals surface area contributed by atoms with E-state index in [0.717, 1.165) is 24.8 Å². The van der Waals surface area contributed by atoms with Gasteiger partial charge in [0, 0.05) is 19.8 Å². The molecule has 0 spiro atoms. The maximum atomic E-state index is 12.5. The van der Waals surface area contributed by atoms with E-state index in [1.54, 1.807) is 11.9 Å². The van der Waals surface area contributed by atoms with Gasteiger partial charge in [0.05, 0.1) is 12.6 Å². The molecule has 0 saturated carbocycles. The van der Waals surface area contributed by atoms with Gasteiger partial charge in [-0.3, -0.25) is 4.79 Å². The Morgan fingerprint density at radius 2 is 2.12 bits per heavy atom. The number of hydrogen-bond acceptors (Lipinski definition) is 4. The van der Waals surface area contributed by atoms with Crippen molar-refractivity contribution < 1.29 is 9.90 Å². The number of benzene rings is 1. The smallest absolute Gasteiger partial charge is 0.263 e. The van der Waals surface area contributed by atoms with Gasteiger partial charge in [-0.1, -0.05) is 25.1 Å². The highest BCUT2D eigenvalue weighted by molar-refractivity contribution is 5.97. The molecule has 1 aromatic carbocycles. The van der Waals surface area contributed by atoms with Gasteiger partial charge >= 0.3 is 0 Å². The zero-order valence-corrected chi connectivity index (χ0v) is 15.1. The van der Waals surface area contributed by atoms with Crippen LogP contribution in [-0.2, 0) is 17.6 Å². The van der Waals surface area contributed by atoms with Gasteiger partial charge in [0.2, 0.25) is 0 Å². The summed E-state index contributed by atoms with van der Waals surface area (Å²) < 4.78 is 0. The molecule has 1 aliphatic carbocycles. The number of carbonyl (C=O) groups is 1. The molecule has 134 valence electrons. The predicted molar refractivity (Wildman–Crippen MR) is 97.7 cm³/mol. The molecule has 0 radical (unpaired) electrons. The first-order valence-corrected chi connectivity index (χ1v) is 8.94. The average Bonchev–Trinajstić information content (AvgIpc) is 2.63. The molecule has 2 rings (SSSR count). The summed E-state index contributed by atoms with van der Waals surface area (Å²) in [7, 11) is 1.72. The second kappa shape index (κ2) is 9.24. The van der Waals surface area contributed by atoms with Gasteiger partial charge in [-0.25, -0.2) is 0 Å². The van der Waals surface area contributed by atoms with Gasteiger partial charge in [-0.15, -0.1) is 0 Å². The lowest BCUT2D eigenvalue weighted by atomic mass is 9.88. The van der Waals surface area contributed by atoms with E-state index in [4.69, 9.17) is 5.11 Å². The van der Waals surface area contributed by atoms with E-state index >= 15 is 0 Å². The van der Waals surface area contributed by atoms with Gasteiger partial charge in [0.15, 0.2) is 0 Å². The normalized spacial score (nSPS) is 15.0. The Bertz CT molecular complexity index is 676. The molecule has 1 aromatic rings. The number of fused-ring (bicyclic) bond motifs is 1. The zero-order chi connectivity index (χ0) is 18.2. The van der Waals surface area contributed by atoms with Crippen LogP contribution < -0.4 is 5.32 Å². The topological polar surface area (TPSA) is 76.4 Å². The first-order chi connectivity index (χ1) is 12.1. The Morgan fingerprint density at radius 3 is 2.76 bits per heavy atom. The fourth-order valence-corrected chi connectivity index (χ4v) is 3.21. The third-order valence-electron chi connectivity index (χ3n) is 4.66. The van der Waals surface area contributed by atoms with Crippen LogP contribution in [0.1, 0.15) is 48.9 Å². The second-order valence-electron chi connectivity index (χ2n) is 6.53. The fraction of sp³-hybridized carbons (Fsp3) is 0.500. The Hall–Kier alpha value is -2.32. The number of hydrogen-bond donors (Lipinski definition) is 2. The molecule has 0 aliphatic heterocycles. The van der Waals surface area contributed by atoms with Crippen LogP contribution in [0.5, 0.6) is 0 Å². The highest BCUT2D eigenvalue weighted by atomic mass is 16.3. The molecule has 25 heavy (non-hydrogen) atoms. The van der Waals surface area contributed by atoms with Gasteiger partial charge in [0.25, 0.3) is 5.91 Å². The first-order valence-electron chi connectivity index (χ1n) is 8.94. The van der Waals surface area contributed by atoms with Crippen molar-refractivity contribution >= 4 is 5.91 Å². The van der Waals surface area contributed by atoms with Crippen LogP contribution in [0.25, 0.3) is 0 Å². The highest BCUT2D eigenvalue weighted by Gasteiger charge is 2.18. The van der Waals surface area contributed by atoms with E-state index in [1.807, 2.05) is 13.0 Å². The van der Waals surface area contributed by atoms with E-state index in [0.29, 0.717) is 6.54 Å². The number of aliphatic hydroxyl groups is 1. The Kier molecular flexibility index (Phi) is 7.03. The van der Waals surface area contributed by atoms with E-state index in [1.165, 1.54) is 30.2 Å². The lowest BCUT2D eigenvalue weighted by Crippen LogP contribution is -2.30. The minimum Gasteiger partial charge on any atom is -0.395 e. The number of aryl methyl sites for hydroxylation is 2. The van der Waals surface area contributed by atoms with Crippen molar-refractivity contribution in [2.24, 2.45) is 0 Å². The third kappa shape index (κ3) is 5.07. The predicted octanol–water partition coefficient (Wildman–Crippen LogP) is 2.46. The number of likely N-dealkylation sites (N-methyl/N-ethyl adjacent to an activating group) is 1. The summed E-state index contributed by atoms with van der Waals surface area (Å²) in [6.45, 7) is 2.37. The quantitative estimate of drug-likeness (QED) is 0.590. The molecule has 1 unspecified atom stereocenters. The third-order valence-corrected chi connectivity index (χ3v) is 4.66. The van der Waals surface area contributed by atoms with Crippen molar-refractivity contribution in [1.82, 2.24) is 10.2 Å². The lowest BCUT2D eigenvalue weighted by molar-refractivity contribution is -0.117. The number of nitrogens with zero attached hydrogens (tertiary/aromatic N) is 2. The van der Waals surface area contributed by atoms with Crippen LogP contribution in [0.15, 0.2) is 30.0 Å². The van der Waals surface area contributed by atoms with Crippen molar-refractivity contribution in [3.05, 3.63) is 46.7 Å². The van der Waals surface area contributed by atoms with Crippen molar-refractivity contribution in [3.8, 4) is 6.07 Å². The SMILES string of the molecule is CCC(NC(=O)/C(C#N)=C\N(C)CCO)c1ccc2c(c1)CCCC2. The second-order valence-corrected chi connectivity index (χ2v) is 6.53. The largest absolute Gasteiger partial charge is 0.395 e. The molecular weight excluding hydrogens is 314 g/mol. The first kappa shape index (κ1) is 19.0. The fourth-order valence-electron chi connectivity index (χ4n) is 3.21. The molecule has 0 aromatic heterocycles. The number of aliphatic hydroxyl groups excluding tert-OH is 1. The van der Waals surface area contributed by atoms with Gasteiger partial charge < -0.3 is 15.3 Å². The minimum absolute atomic E-state index is 0.0277. The van der Waals surface area contributed by atoms with Crippen molar-refractivity contribution in [2.75, 3.05) is 20.2 Å². The van der Waals surface area contributed by atoms with Crippen LogP contribution >= 0.6 is 0 Å². The summed E-state index contributed by atoms with van der Waals surface area (Å²) in [6, 6.07) is 8.31. The Morgan fingerprint density at radius 1 is 1.40 bits per heavy atom. The van der Waals surface area contributed by atoms with Gasteiger partial charge in [-0.05, 0) is 48.8 Å². The summed E-state index contributed by atoms with van der Waals surface area (Å²) in [5.41, 5.74) is 3.94. The Balaban J connectivity index is 2.13. The monoisotopic (exact) mass is 341 g/mol. The summed E-state index contributed by atoms with van der Waals surface area (Å²) >= 11 is 0. The minimum atomic E-state index is -0.378. The average molecular weight is 341 g/mol. The number of rotatable bonds is 7. The molecule has 2 N–H and O–H groups in total. The van der Waals surface area contributed by atoms with E-state index < -0.39 is 0 Å². The van der Waals surface area contributed by atoms with Crippen molar-refractivity contribution in [2.45, 2.75) is 45.1 Å². The molecule has 1 aliphatic rings. The van der Waals surface area contributed by atoms with E-state index in [2.05, 4.69) is 23.5 Å². The molecular formula is C20H27N3O2. The molecule has 5 heteroatoms. The number of nitrogens with one attached hydrogen (secondary N) is 1. The standard InChI is InChI=1S/C20H27N3O2/c1-3-19(17-9-8-15-6-4-5-7-16(15)12-17)22-20(25)18(13-21)14-23(2)10-11-24/h8-9,12,14,19,24H,3-7,10-11H2,1-2H3,(H,22,25)/b18-14-. The van der Waals surface area contributed by atoms with Gasteiger partial charge in [-0.2, -0.15) is 5.26 Å². The molecule has 1 atom stereocenters. The highest BCUT2D eigenvalue weighted by Crippen LogP contribution is 2.26. The maximum Gasteiger partial charge on any atom is 0.263 e. The number of amides is 1. The van der Waals surface area contributed by atoms with Crippen LogP contribution in [-0.4, -0.2) is 36.1 Å². The van der Waals surface area contributed by atoms with Crippen molar-refractivity contribution in [1.29, 1.82) is 5.26 Å². The molecule has 0 fully saturated rings. The lowest BCUT2D eigenvalue weighted by Gasteiger charge is -2.22. The van der Waals surface area contributed by atoms with Gasteiger partial charge in [0.1, 0.15) is 11.6 Å². The zero-order valence-electron chi connectivity index (χ0n) is 15.1. The number of nitriles is 1. The van der Waals surface area contributed by atoms with E-state index in [-0.39, 0.29) is 24.1 Å². The molecule has 0 saturated heterocycles. The van der Waals surface area contributed by atoms with Crippen LogP contribution in [0.3, 0.4) is 0 Å². The molecule has 5 nitrogen and oxygen atoms in total. The van der Waals surface area contributed by atoms with Crippen LogP contribution in [0.4, 0.5) is 0 Å². The summed E-state index contributed by atoms with van der Waals surface area (Å²) in [4.78, 5) is 14.1. The maximum absolute atomic E-state index is 12.5. The Labute approximate surface area is 150 Å². The van der Waals surface area contributed by atoms with Crippen LogP contribution in [0.2, 0.25) is 0 Å². The van der Waals surface area contributed by atoms with E-state index in [9.17, 15) is 10.1 Å². The molecule has 0 heterocycles. The van der Waals surface area contributed by atoms with Crippen LogP contribution in [0, 0.1) is 11.3 Å².